The summed E-state index contributed by atoms with van der Waals surface area (Å²) in [6, 6.07) is 3.58. The van der Waals surface area contributed by atoms with Gasteiger partial charge in [-0.25, -0.2) is 4.98 Å². The molecule has 0 spiro atoms. The third-order valence-corrected chi connectivity index (χ3v) is 3.05. The number of benzene rings is 1. The lowest BCUT2D eigenvalue weighted by Crippen LogP contribution is -2.08. The first-order valence-corrected chi connectivity index (χ1v) is 5.94. The number of imidazole rings is 1. The predicted molar refractivity (Wildman–Crippen MR) is 69.9 cm³/mol. The average Bonchev–Trinajstić information content (AvgIpc) is 2.76. The van der Waals surface area contributed by atoms with E-state index in [1.807, 2.05) is 6.92 Å². The van der Waals surface area contributed by atoms with E-state index in [0.29, 0.717) is 17.1 Å². The van der Waals surface area contributed by atoms with Crippen LogP contribution in [-0.4, -0.2) is 15.8 Å². The van der Waals surface area contributed by atoms with E-state index in [1.54, 1.807) is 24.5 Å². The van der Waals surface area contributed by atoms with Crippen LogP contribution < -0.4 is 5.73 Å². The molecule has 0 atom stereocenters. The smallest absolute Gasteiger partial charge is 0.170 e. The van der Waals surface area contributed by atoms with Gasteiger partial charge in [0, 0.05) is 28.1 Å². The van der Waals surface area contributed by atoms with Crippen LogP contribution >= 0.6 is 15.9 Å². The molecule has 2 aromatic rings. The first-order chi connectivity index (χ1) is 8.08. The maximum atomic E-state index is 12.1. The topological polar surface area (TPSA) is 71.8 Å². The molecular weight excluding hydrogens is 282 g/mol. The van der Waals surface area contributed by atoms with Crippen molar-refractivity contribution >= 4 is 27.4 Å². The number of aromatic nitrogens is 2. The number of hydrogen-bond donors (Lipinski definition) is 2. The number of H-pyrrole nitrogens is 1. The maximum Gasteiger partial charge on any atom is 0.170 e. The van der Waals surface area contributed by atoms with Crippen molar-refractivity contribution in [2.45, 2.75) is 13.3 Å². The Hall–Kier alpha value is -1.62. The number of aromatic amines is 1. The van der Waals surface area contributed by atoms with Crippen LogP contribution in [0, 0.1) is 6.92 Å². The number of Topliss-reactive ketones (excluding diaryl/α,β-unsaturated/α-hetero) is 1. The number of nitrogens with one attached hydrogen (secondary N) is 1. The lowest BCUT2D eigenvalue weighted by Gasteiger charge is -2.08. The zero-order valence-corrected chi connectivity index (χ0v) is 10.9. The van der Waals surface area contributed by atoms with Crippen molar-refractivity contribution in [1.29, 1.82) is 0 Å². The Morgan fingerprint density at radius 3 is 2.94 bits per heavy atom. The molecule has 0 unspecified atom stereocenters. The van der Waals surface area contributed by atoms with E-state index in [4.69, 9.17) is 5.73 Å². The molecule has 5 heteroatoms. The van der Waals surface area contributed by atoms with Crippen LogP contribution in [0.2, 0.25) is 0 Å². The van der Waals surface area contributed by atoms with Gasteiger partial charge in [0.05, 0.1) is 6.42 Å². The highest BCUT2D eigenvalue weighted by atomic mass is 79.9. The van der Waals surface area contributed by atoms with E-state index in [9.17, 15) is 4.79 Å². The van der Waals surface area contributed by atoms with Crippen molar-refractivity contribution in [3.63, 3.8) is 0 Å². The fraction of sp³-hybridized carbons (Fsp3) is 0.167. The molecule has 0 saturated heterocycles. The van der Waals surface area contributed by atoms with Crippen molar-refractivity contribution < 1.29 is 4.79 Å². The Bertz CT molecular complexity index is 549. The van der Waals surface area contributed by atoms with E-state index in [1.165, 1.54) is 0 Å². The Kier molecular flexibility index (Phi) is 3.28. The number of carbonyl (C=O) groups excluding carboxylic acids is 1. The Morgan fingerprint density at radius 2 is 2.29 bits per heavy atom. The summed E-state index contributed by atoms with van der Waals surface area (Å²) in [5.41, 5.74) is 7.88. The number of nitrogen functional groups attached to an aromatic ring is 1. The molecule has 1 aromatic carbocycles. The van der Waals surface area contributed by atoms with Gasteiger partial charge in [0.2, 0.25) is 0 Å². The third kappa shape index (κ3) is 2.55. The van der Waals surface area contributed by atoms with Crippen LogP contribution in [0.3, 0.4) is 0 Å². The van der Waals surface area contributed by atoms with Crippen LogP contribution in [0.4, 0.5) is 5.69 Å². The van der Waals surface area contributed by atoms with Gasteiger partial charge in [0.25, 0.3) is 0 Å². The molecule has 4 nitrogen and oxygen atoms in total. The molecular formula is C12H12BrN3O. The molecule has 3 N–H and O–H groups in total. The van der Waals surface area contributed by atoms with Crippen LogP contribution in [0.5, 0.6) is 0 Å². The quantitative estimate of drug-likeness (QED) is 0.675. The van der Waals surface area contributed by atoms with E-state index >= 15 is 0 Å². The monoisotopic (exact) mass is 293 g/mol. The van der Waals surface area contributed by atoms with Crippen LogP contribution in [-0.2, 0) is 6.42 Å². The van der Waals surface area contributed by atoms with E-state index in [-0.39, 0.29) is 12.2 Å². The number of anilines is 1. The number of nitrogens with two attached hydrogens (primary N) is 1. The lowest BCUT2D eigenvalue weighted by molar-refractivity contribution is 0.0990. The highest BCUT2D eigenvalue weighted by molar-refractivity contribution is 9.10. The Morgan fingerprint density at radius 1 is 1.53 bits per heavy atom. The fourth-order valence-electron chi connectivity index (χ4n) is 1.63. The molecule has 0 aliphatic rings. The van der Waals surface area contributed by atoms with E-state index < -0.39 is 0 Å². The Labute approximate surface area is 107 Å². The zero-order valence-electron chi connectivity index (χ0n) is 9.33. The SMILES string of the molecule is Cc1c(N)cc(Br)cc1C(=O)Cc1ncc[nH]1. The lowest BCUT2D eigenvalue weighted by atomic mass is 10.0. The number of ketones is 1. The summed E-state index contributed by atoms with van der Waals surface area (Å²) >= 11 is 3.34. The van der Waals surface area contributed by atoms with Gasteiger partial charge in [-0.05, 0) is 24.6 Å². The summed E-state index contributed by atoms with van der Waals surface area (Å²) in [7, 11) is 0. The molecule has 0 radical (unpaired) electrons. The number of carbonyl (C=O) groups is 1. The summed E-state index contributed by atoms with van der Waals surface area (Å²) in [4.78, 5) is 19.0. The van der Waals surface area contributed by atoms with Crippen molar-refractivity contribution in [1.82, 2.24) is 9.97 Å². The number of hydrogen-bond acceptors (Lipinski definition) is 3. The minimum atomic E-state index is 0.00505. The number of halogens is 1. The maximum absolute atomic E-state index is 12.1. The minimum absolute atomic E-state index is 0.00505. The number of nitrogens with zero attached hydrogens (tertiary/aromatic N) is 1. The molecule has 1 aromatic heterocycles. The first-order valence-electron chi connectivity index (χ1n) is 5.15. The highest BCUT2D eigenvalue weighted by Crippen LogP contribution is 2.23. The summed E-state index contributed by atoms with van der Waals surface area (Å²) in [5, 5.41) is 0. The second-order valence-corrected chi connectivity index (χ2v) is 4.72. The van der Waals surface area contributed by atoms with Crippen LogP contribution in [0.1, 0.15) is 21.7 Å². The van der Waals surface area contributed by atoms with Crippen molar-refractivity contribution in [3.8, 4) is 0 Å². The molecule has 2 rings (SSSR count). The molecule has 1 heterocycles. The Balaban J connectivity index is 2.31. The summed E-state index contributed by atoms with van der Waals surface area (Å²) in [5.74, 6) is 0.665. The van der Waals surface area contributed by atoms with Crippen molar-refractivity contribution in [3.05, 3.63) is 46.0 Å². The minimum Gasteiger partial charge on any atom is -0.398 e. The molecule has 0 aliphatic heterocycles. The second kappa shape index (κ2) is 4.71. The molecule has 0 aliphatic carbocycles. The predicted octanol–water partition coefficient (Wildman–Crippen LogP) is 2.49. The largest absolute Gasteiger partial charge is 0.398 e. The average molecular weight is 294 g/mol. The van der Waals surface area contributed by atoms with Gasteiger partial charge in [0.1, 0.15) is 5.82 Å². The second-order valence-electron chi connectivity index (χ2n) is 3.80. The van der Waals surface area contributed by atoms with Crippen molar-refractivity contribution in [2.75, 3.05) is 5.73 Å². The summed E-state index contributed by atoms with van der Waals surface area (Å²) in [6.07, 6.45) is 3.58. The number of rotatable bonds is 3. The third-order valence-electron chi connectivity index (χ3n) is 2.60. The molecule has 0 amide bonds. The van der Waals surface area contributed by atoms with Gasteiger partial charge in [-0.1, -0.05) is 15.9 Å². The van der Waals surface area contributed by atoms with Gasteiger partial charge < -0.3 is 10.7 Å². The van der Waals surface area contributed by atoms with Gasteiger partial charge in [0.15, 0.2) is 5.78 Å². The van der Waals surface area contributed by atoms with E-state index in [2.05, 4.69) is 25.9 Å². The molecule has 0 saturated carbocycles. The normalized spacial score (nSPS) is 10.5. The molecule has 0 bridgehead atoms. The standard InChI is InChI=1S/C12H12BrN3O/c1-7-9(4-8(13)5-10(7)14)11(17)6-12-15-2-3-16-12/h2-5H,6,14H2,1H3,(H,15,16). The van der Waals surface area contributed by atoms with E-state index in [0.717, 1.165) is 10.0 Å². The van der Waals surface area contributed by atoms with Crippen LogP contribution in [0.25, 0.3) is 0 Å². The first kappa shape index (κ1) is 11.9. The fourth-order valence-corrected chi connectivity index (χ4v) is 2.11. The zero-order chi connectivity index (χ0) is 12.4. The highest BCUT2D eigenvalue weighted by Gasteiger charge is 2.13. The van der Waals surface area contributed by atoms with Gasteiger partial charge in [-0.3, -0.25) is 4.79 Å². The van der Waals surface area contributed by atoms with Gasteiger partial charge >= 0.3 is 0 Å². The summed E-state index contributed by atoms with van der Waals surface area (Å²) < 4.78 is 0.809. The molecule has 17 heavy (non-hydrogen) atoms. The van der Waals surface area contributed by atoms with Gasteiger partial charge in [-0.15, -0.1) is 0 Å². The summed E-state index contributed by atoms with van der Waals surface area (Å²) in [6.45, 7) is 1.84. The molecule has 0 fully saturated rings. The van der Waals surface area contributed by atoms with Crippen LogP contribution in [0.15, 0.2) is 29.0 Å². The van der Waals surface area contributed by atoms with Gasteiger partial charge in [-0.2, -0.15) is 0 Å². The van der Waals surface area contributed by atoms with Crippen molar-refractivity contribution in [2.24, 2.45) is 0 Å². The molecule has 88 valence electrons.